The minimum atomic E-state index is -3.74. The zero-order chi connectivity index (χ0) is 21.6. The fourth-order valence-electron chi connectivity index (χ4n) is 3.13. The van der Waals surface area contributed by atoms with Crippen LogP contribution >= 0.6 is 11.6 Å². The van der Waals surface area contributed by atoms with Gasteiger partial charge in [-0.1, -0.05) is 11.6 Å². The van der Waals surface area contributed by atoms with E-state index in [4.69, 9.17) is 16.3 Å². The van der Waals surface area contributed by atoms with Gasteiger partial charge in [-0.3, -0.25) is 9.59 Å². The number of carbonyl (C=O) groups excluding carboxylic acids is 2. The van der Waals surface area contributed by atoms with Gasteiger partial charge in [0.05, 0.1) is 29.7 Å². The van der Waals surface area contributed by atoms with Gasteiger partial charge in [0, 0.05) is 16.7 Å². The molecule has 7 nitrogen and oxygen atoms in total. The van der Waals surface area contributed by atoms with Crippen LogP contribution in [0.2, 0.25) is 5.02 Å². The Morgan fingerprint density at radius 1 is 1.21 bits per heavy atom. The fraction of sp³-hybridized carbons (Fsp3) is 0.300. The molecule has 0 atom stereocenters. The third kappa shape index (κ3) is 3.95. The van der Waals surface area contributed by atoms with Crippen molar-refractivity contribution >= 4 is 44.8 Å². The van der Waals surface area contributed by atoms with Crippen LogP contribution < -0.4 is 14.4 Å². The van der Waals surface area contributed by atoms with Crippen molar-refractivity contribution in [2.24, 2.45) is 5.41 Å². The van der Waals surface area contributed by atoms with Crippen LogP contribution in [0.25, 0.3) is 0 Å². The van der Waals surface area contributed by atoms with Crippen molar-refractivity contribution in [3.8, 4) is 5.75 Å². The van der Waals surface area contributed by atoms with Crippen molar-refractivity contribution in [1.29, 1.82) is 0 Å². The maximum absolute atomic E-state index is 12.6. The predicted molar refractivity (Wildman–Crippen MR) is 112 cm³/mol. The van der Waals surface area contributed by atoms with Crippen molar-refractivity contribution in [2.75, 3.05) is 22.5 Å². The summed E-state index contributed by atoms with van der Waals surface area (Å²) in [5.74, 6) is -0.735. The zero-order valence-electron chi connectivity index (χ0n) is 16.4. The molecule has 0 saturated carbocycles. The number of benzene rings is 2. The number of nitrogens with zero attached hydrogens (tertiary/aromatic N) is 1. The number of methoxy groups -OCH3 is 1. The highest BCUT2D eigenvalue weighted by Gasteiger charge is 2.49. The van der Waals surface area contributed by atoms with E-state index in [1.54, 1.807) is 32.9 Å². The number of ether oxygens (including phenoxy) is 1. The summed E-state index contributed by atoms with van der Waals surface area (Å²) in [7, 11) is -2.27. The van der Waals surface area contributed by atoms with Gasteiger partial charge in [0.1, 0.15) is 5.75 Å². The van der Waals surface area contributed by atoms with Gasteiger partial charge in [0.25, 0.3) is 5.91 Å². The first-order valence-corrected chi connectivity index (χ1v) is 10.8. The van der Waals surface area contributed by atoms with Crippen LogP contribution in [-0.2, 0) is 14.8 Å². The molecular weight excluding hydrogens is 416 g/mol. The maximum Gasteiger partial charge on any atom is 0.255 e. The summed E-state index contributed by atoms with van der Waals surface area (Å²) in [6, 6.07) is 9.13. The smallest absolute Gasteiger partial charge is 0.255 e. The van der Waals surface area contributed by atoms with E-state index in [1.165, 1.54) is 31.4 Å². The molecule has 0 bridgehead atoms. The molecule has 1 aliphatic rings. The van der Waals surface area contributed by atoms with Crippen LogP contribution in [0, 0.1) is 12.3 Å². The third-order valence-electron chi connectivity index (χ3n) is 4.68. The van der Waals surface area contributed by atoms with Crippen LogP contribution in [0.4, 0.5) is 11.4 Å². The average Bonchev–Trinajstić information content (AvgIpc) is 2.80. The largest absolute Gasteiger partial charge is 0.495 e. The van der Waals surface area contributed by atoms with E-state index in [2.05, 4.69) is 5.32 Å². The molecule has 1 fully saturated rings. The highest BCUT2D eigenvalue weighted by molar-refractivity contribution is 7.94. The zero-order valence-corrected chi connectivity index (χ0v) is 18.0. The Morgan fingerprint density at radius 2 is 1.83 bits per heavy atom. The fourth-order valence-corrected chi connectivity index (χ4v) is 5.39. The van der Waals surface area contributed by atoms with E-state index in [0.717, 1.165) is 9.87 Å². The summed E-state index contributed by atoms with van der Waals surface area (Å²) in [6.07, 6.45) is 0. The molecule has 0 radical (unpaired) electrons. The van der Waals surface area contributed by atoms with Crippen molar-refractivity contribution in [2.45, 2.75) is 20.8 Å². The molecule has 1 aliphatic heterocycles. The van der Waals surface area contributed by atoms with E-state index in [9.17, 15) is 18.0 Å². The first-order valence-electron chi connectivity index (χ1n) is 8.79. The molecule has 1 saturated heterocycles. The Labute approximate surface area is 174 Å². The molecule has 1 heterocycles. The Kier molecular flexibility index (Phi) is 5.36. The third-order valence-corrected chi connectivity index (χ3v) is 7.10. The average molecular weight is 437 g/mol. The van der Waals surface area contributed by atoms with Gasteiger partial charge < -0.3 is 10.1 Å². The van der Waals surface area contributed by atoms with Gasteiger partial charge in [-0.2, -0.15) is 0 Å². The monoisotopic (exact) mass is 436 g/mol. The molecule has 9 heteroatoms. The van der Waals surface area contributed by atoms with Crippen LogP contribution in [0.5, 0.6) is 5.75 Å². The number of hydrogen-bond acceptors (Lipinski definition) is 5. The second-order valence-corrected chi connectivity index (χ2v) is 9.74. The molecule has 1 N–H and O–H groups in total. The minimum Gasteiger partial charge on any atom is -0.495 e. The number of rotatable bonds is 4. The topological polar surface area (TPSA) is 92.8 Å². The van der Waals surface area contributed by atoms with Gasteiger partial charge in [-0.15, -0.1) is 0 Å². The number of aryl methyl sites for hydroxylation is 1. The number of anilines is 2. The molecule has 3 rings (SSSR count). The number of sulfonamides is 1. The SMILES string of the molecule is COc1cc(Cl)c(C)cc1NC(=O)c1ccc(N2C(=O)C(C)(C)CS2(=O)=O)cc1. The molecule has 0 aromatic heterocycles. The number of halogens is 1. The van der Waals surface area contributed by atoms with Crippen LogP contribution in [-0.4, -0.2) is 33.1 Å². The molecule has 2 amide bonds. The van der Waals surface area contributed by atoms with E-state index in [-0.39, 0.29) is 11.4 Å². The Morgan fingerprint density at radius 3 is 2.34 bits per heavy atom. The highest BCUT2D eigenvalue weighted by atomic mass is 35.5. The molecular formula is C20H21ClN2O5S. The summed E-state index contributed by atoms with van der Waals surface area (Å²) in [6.45, 7) is 4.99. The van der Waals surface area contributed by atoms with Gasteiger partial charge in [0.15, 0.2) is 0 Å². The maximum atomic E-state index is 12.6. The lowest BCUT2D eigenvalue weighted by atomic mass is 9.95. The van der Waals surface area contributed by atoms with Crippen molar-refractivity contribution in [1.82, 2.24) is 0 Å². The summed E-state index contributed by atoms with van der Waals surface area (Å²) in [5.41, 5.74) is 0.752. The summed E-state index contributed by atoms with van der Waals surface area (Å²) >= 11 is 6.08. The summed E-state index contributed by atoms with van der Waals surface area (Å²) in [4.78, 5) is 25.1. The molecule has 0 spiro atoms. The Balaban J connectivity index is 1.85. The molecule has 0 unspecified atom stereocenters. The minimum absolute atomic E-state index is 0.206. The van der Waals surface area contributed by atoms with Gasteiger partial charge in [-0.25, -0.2) is 12.7 Å². The van der Waals surface area contributed by atoms with E-state index in [0.29, 0.717) is 22.0 Å². The standard InChI is InChI=1S/C20H21ClN2O5S/c1-12-9-16(17(28-4)10-15(12)21)22-18(24)13-5-7-14(8-6-13)23-19(25)20(2,3)11-29(23,26)27/h5-10H,11H2,1-4H3,(H,22,24). The van der Waals surface area contributed by atoms with Gasteiger partial charge in [0.2, 0.25) is 15.9 Å². The van der Waals surface area contributed by atoms with Crippen LogP contribution in [0.1, 0.15) is 29.8 Å². The van der Waals surface area contributed by atoms with Crippen molar-refractivity contribution in [3.05, 3.63) is 52.5 Å². The van der Waals surface area contributed by atoms with Crippen molar-refractivity contribution < 1.29 is 22.7 Å². The first kappa shape index (κ1) is 21.1. The second-order valence-electron chi connectivity index (χ2n) is 7.51. The van der Waals surface area contributed by atoms with Gasteiger partial charge >= 0.3 is 0 Å². The van der Waals surface area contributed by atoms with E-state index < -0.39 is 27.3 Å². The molecule has 2 aromatic rings. The molecule has 29 heavy (non-hydrogen) atoms. The number of carbonyl (C=O) groups is 2. The lowest BCUT2D eigenvalue weighted by Gasteiger charge is -2.17. The lowest BCUT2D eigenvalue weighted by molar-refractivity contribution is -0.123. The number of nitrogens with one attached hydrogen (secondary N) is 1. The second kappa shape index (κ2) is 7.35. The van der Waals surface area contributed by atoms with E-state index >= 15 is 0 Å². The van der Waals surface area contributed by atoms with Crippen molar-refractivity contribution in [3.63, 3.8) is 0 Å². The van der Waals surface area contributed by atoms with Crippen LogP contribution in [0.3, 0.4) is 0 Å². The lowest BCUT2D eigenvalue weighted by Crippen LogP contribution is -2.32. The normalized spacial score (nSPS) is 17.3. The number of hydrogen-bond donors (Lipinski definition) is 1. The first-order chi connectivity index (χ1) is 13.5. The summed E-state index contributed by atoms with van der Waals surface area (Å²) < 4.78 is 30.8. The van der Waals surface area contributed by atoms with Gasteiger partial charge in [-0.05, 0) is 56.7 Å². The summed E-state index contributed by atoms with van der Waals surface area (Å²) in [5, 5.41) is 3.27. The molecule has 0 aliphatic carbocycles. The highest BCUT2D eigenvalue weighted by Crippen LogP contribution is 2.36. The Bertz CT molecular complexity index is 1090. The predicted octanol–water partition coefficient (Wildman–Crippen LogP) is 3.61. The molecule has 154 valence electrons. The van der Waals surface area contributed by atoms with E-state index in [1.807, 2.05) is 0 Å². The Hall–Kier alpha value is -2.58. The quantitative estimate of drug-likeness (QED) is 0.790. The number of amides is 2. The molecule has 2 aromatic carbocycles. The van der Waals surface area contributed by atoms with Crippen LogP contribution in [0.15, 0.2) is 36.4 Å².